The number of hydrogen-bond donors (Lipinski definition) is 1. The third-order valence-corrected chi connectivity index (χ3v) is 3.92. The summed E-state index contributed by atoms with van der Waals surface area (Å²) in [6.07, 6.45) is 10.0. The van der Waals surface area contributed by atoms with Crippen molar-refractivity contribution in [3.63, 3.8) is 0 Å². The zero-order valence-corrected chi connectivity index (χ0v) is 9.67. The standard InChI is InChI=1S/C11H17N3S/c12-6-5-9-7-13-11(14-8-9)15-10-3-1-2-4-10/h7-8,10H,1-6,12H2. The first-order chi connectivity index (χ1) is 7.38. The fourth-order valence-corrected chi connectivity index (χ4v) is 2.95. The lowest BCUT2D eigenvalue weighted by molar-refractivity contribution is 0.865. The van der Waals surface area contributed by atoms with Crippen LogP contribution < -0.4 is 5.73 Å². The lowest BCUT2D eigenvalue weighted by Gasteiger charge is -2.06. The molecular weight excluding hydrogens is 206 g/mol. The van der Waals surface area contributed by atoms with Crippen LogP contribution in [0.3, 0.4) is 0 Å². The first-order valence-corrected chi connectivity index (χ1v) is 6.44. The molecule has 0 bridgehead atoms. The third kappa shape index (κ3) is 3.18. The average molecular weight is 223 g/mol. The Morgan fingerprint density at radius 3 is 2.53 bits per heavy atom. The molecule has 0 aliphatic heterocycles. The molecular formula is C11H17N3S. The maximum atomic E-state index is 5.47. The molecule has 0 radical (unpaired) electrons. The molecule has 1 heterocycles. The summed E-state index contributed by atoms with van der Waals surface area (Å²) in [6.45, 7) is 0.665. The van der Waals surface area contributed by atoms with Crippen LogP contribution in [0.5, 0.6) is 0 Å². The predicted octanol–water partition coefficient (Wildman–Crippen LogP) is 2.01. The Balaban J connectivity index is 1.91. The summed E-state index contributed by atoms with van der Waals surface area (Å²) < 4.78 is 0. The van der Waals surface area contributed by atoms with Gasteiger partial charge >= 0.3 is 0 Å². The molecule has 1 saturated carbocycles. The molecule has 0 amide bonds. The molecule has 4 heteroatoms. The van der Waals surface area contributed by atoms with E-state index in [1.807, 2.05) is 24.2 Å². The highest BCUT2D eigenvalue weighted by Crippen LogP contribution is 2.32. The Bertz CT molecular complexity index is 293. The molecule has 1 aromatic heterocycles. The summed E-state index contributed by atoms with van der Waals surface area (Å²) in [5.41, 5.74) is 6.60. The smallest absolute Gasteiger partial charge is 0.187 e. The molecule has 2 N–H and O–H groups in total. The van der Waals surface area contributed by atoms with E-state index in [4.69, 9.17) is 5.73 Å². The zero-order valence-electron chi connectivity index (χ0n) is 8.85. The molecule has 0 atom stereocenters. The second-order valence-corrected chi connectivity index (χ2v) is 5.20. The average Bonchev–Trinajstić information content (AvgIpc) is 2.74. The molecule has 1 aromatic rings. The van der Waals surface area contributed by atoms with E-state index in [1.54, 1.807) is 0 Å². The Morgan fingerprint density at radius 2 is 1.93 bits per heavy atom. The van der Waals surface area contributed by atoms with Gasteiger partial charge in [0.2, 0.25) is 0 Å². The van der Waals surface area contributed by atoms with Crippen molar-refractivity contribution < 1.29 is 0 Å². The fraction of sp³-hybridized carbons (Fsp3) is 0.636. The zero-order chi connectivity index (χ0) is 10.5. The van der Waals surface area contributed by atoms with Gasteiger partial charge in [0, 0.05) is 17.6 Å². The Hall–Kier alpha value is -0.610. The molecule has 2 rings (SSSR count). The van der Waals surface area contributed by atoms with Crippen LogP contribution in [-0.4, -0.2) is 21.8 Å². The molecule has 0 spiro atoms. The minimum absolute atomic E-state index is 0.665. The molecule has 0 saturated heterocycles. The number of aromatic nitrogens is 2. The molecule has 1 fully saturated rings. The Morgan fingerprint density at radius 1 is 1.27 bits per heavy atom. The number of rotatable bonds is 4. The Labute approximate surface area is 94.9 Å². The molecule has 1 aliphatic rings. The van der Waals surface area contributed by atoms with Gasteiger partial charge in [-0.3, -0.25) is 0 Å². The second kappa shape index (κ2) is 5.47. The summed E-state index contributed by atoms with van der Waals surface area (Å²) in [5.74, 6) is 0. The van der Waals surface area contributed by atoms with Crippen molar-refractivity contribution in [2.75, 3.05) is 6.54 Å². The largest absolute Gasteiger partial charge is 0.330 e. The van der Waals surface area contributed by atoms with Crippen molar-refractivity contribution in [1.82, 2.24) is 9.97 Å². The quantitative estimate of drug-likeness (QED) is 0.793. The molecule has 1 aliphatic carbocycles. The minimum Gasteiger partial charge on any atom is -0.330 e. The Kier molecular flexibility index (Phi) is 3.97. The van der Waals surface area contributed by atoms with E-state index in [2.05, 4.69) is 9.97 Å². The van der Waals surface area contributed by atoms with E-state index in [0.29, 0.717) is 6.54 Å². The van der Waals surface area contributed by atoms with E-state index in [-0.39, 0.29) is 0 Å². The highest BCUT2D eigenvalue weighted by atomic mass is 32.2. The van der Waals surface area contributed by atoms with E-state index in [0.717, 1.165) is 22.4 Å². The van der Waals surface area contributed by atoms with Crippen LogP contribution in [0.15, 0.2) is 17.6 Å². The van der Waals surface area contributed by atoms with Crippen LogP contribution in [0.4, 0.5) is 0 Å². The SMILES string of the molecule is NCCc1cnc(SC2CCCC2)nc1. The third-order valence-electron chi connectivity index (χ3n) is 2.69. The van der Waals surface area contributed by atoms with Crippen molar-refractivity contribution in [3.05, 3.63) is 18.0 Å². The molecule has 0 aromatic carbocycles. The van der Waals surface area contributed by atoms with Crippen molar-refractivity contribution in [2.45, 2.75) is 42.5 Å². The van der Waals surface area contributed by atoms with Crippen LogP contribution in [0.25, 0.3) is 0 Å². The normalized spacial score (nSPS) is 17.1. The van der Waals surface area contributed by atoms with Gasteiger partial charge in [0.25, 0.3) is 0 Å². The van der Waals surface area contributed by atoms with E-state index in [1.165, 1.54) is 25.7 Å². The summed E-state index contributed by atoms with van der Waals surface area (Å²) in [6, 6.07) is 0. The summed E-state index contributed by atoms with van der Waals surface area (Å²) in [5, 5.41) is 1.66. The van der Waals surface area contributed by atoms with Crippen molar-refractivity contribution in [1.29, 1.82) is 0 Å². The first kappa shape index (κ1) is 10.9. The molecule has 0 unspecified atom stereocenters. The van der Waals surface area contributed by atoms with Crippen molar-refractivity contribution in [2.24, 2.45) is 5.73 Å². The van der Waals surface area contributed by atoms with E-state index in [9.17, 15) is 0 Å². The summed E-state index contributed by atoms with van der Waals surface area (Å²) in [4.78, 5) is 8.71. The highest BCUT2D eigenvalue weighted by molar-refractivity contribution is 7.99. The van der Waals surface area contributed by atoms with Crippen molar-refractivity contribution >= 4 is 11.8 Å². The van der Waals surface area contributed by atoms with Crippen LogP contribution in [-0.2, 0) is 6.42 Å². The van der Waals surface area contributed by atoms with Crippen LogP contribution in [0, 0.1) is 0 Å². The lowest BCUT2D eigenvalue weighted by atomic mass is 10.2. The van der Waals surface area contributed by atoms with Gasteiger partial charge in [0.1, 0.15) is 0 Å². The lowest BCUT2D eigenvalue weighted by Crippen LogP contribution is -2.04. The molecule has 82 valence electrons. The van der Waals surface area contributed by atoms with E-state index < -0.39 is 0 Å². The molecule has 15 heavy (non-hydrogen) atoms. The van der Waals surface area contributed by atoms with Gasteiger partial charge in [-0.25, -0.2) is 9.97 Å². The minimum atomic E-state index is 0.665. The monoisotopic (exact) mass is 223 g/mol. The summed E-state index contributed by atoms with van der Waals surface area (Å²) >= 11 is 1.82. The van der Waals surface area contributed by atoms with Crippen LogP contribution in [0.2, 0.25) is 0 Å². The van der Waals surface area contributed by atoms with E-state index >= 15 is 0 Å². The number of thioether (sulfide) groups is 1. The predicted molar refractivity (Wildman–Crippen MR) is 62.9 cm³/mol. The fourth-order valence-electron chi connectivity index (χ4n) is 1.85. The van der Waals surface area contributed by atoms with Crippen LogP contribution >= 0.6 is 11.8 Å². The number of hydrogen-bond acceptors (Lipinski definition) is 4. The van der Waals surface area contributed by atoms with Gasteiger partial charge in [0.05, 0.1) is 0 Å². The van der Waals surface area contributed by atoms with Gasteiger partial charge in [-0.05, 0) is 31.4 Å². The van der Waals surface area contributed by atoms with Gasteiger partial charge in [-0.1, -0.05) is 24.6 Å². The van der Waals surface area contributed by atoms with Gasteiger partial charge < -0.3 is 5.73 Å². The molecule has 3 nitrogen and oxygen atoms in total. The van der Waals surface area contributed by atoms with Gasteiger partial charge in [-0.15, -0.1) is 0 Å². The topological polar surface area (TPSA) is 51.8 Å². The van der Waals surface area contributed by atoms with Gasteiger partial charge in [-0.2, -0.15) is 0 Å². The maximum Gasteiger partial charge on any atom is 0.187 e. The highest BCUT2D eigenvalue weighted by Gasteiger charge is 2.17. The van der Waals surface area contributed by atoms with Crippen molar-refractivity contribution in [3.8, 4) is 0 Å². The van der Waals surface area contributed by atoms with Crippen LogP contribution in [0.1, 0.15) is 31.2 Å². The number of nitrogens with zero attached hydrogens (tertiary/aromatic N) is 2. The second-order valence-electron chi connectivity index (χ2n) is 3.94. The summed E-state index contributed by atoms with van der Waals surface area (Å²) in [7, 11) is 0. The van der Waals surface area contributed by atoms with Gasteiger partial charge in [0.15, 0.2) is 5.16 Å². The first-order valence-electron chi connectivity index (χ1n) is 5.56. The maximum absolute atomic E-state index is 5.47. The number of nitrogens with two attached hydrogens (primary N) is 1.